The zero-order valence-electron chi connectivity index (χ0n) is 18.4. The Morgan fingerprint density at radius 3 is 1.00 bits per heavy atom. The summed E-state index contributed by atoms with van der Waals surface area (Å²) in [5.41, 5.74) is 0. The van der Waals surface area contributed by atoms with Gasteiger partial charge in [-0.2, -0.15) is 0 Å². The summed E-state index contributed by atoms with van der Waals surface area (Å²) in [5.74, 6) is 0. The van der Waals surface area contributed by atoms with Crippen LogP contribution < -0.4 is 0 Å². The fraction of sp³-hybridized carbons (Fsp3) is 1.00. The fourth-order valence-corrected chi connectivity index (χ4v) is 4.09. The second-order valence-electron chi connectivity index (χ2n) is 8.35. The minimum atomic E-state index is 0.485. The predicted octanol–water partition coefficient (Wildman–Crippen LogP) is 9.39. The van der Waals surface area contributed by atoms with E-state index in [0.29, 0.717) is 6.10 Å². The molecule has 0 heterocycles. The Bertz CT molecular complexity index is 244. The highest BCUT2D eigenvalue weighted by molar-refractivity contribution is 7.09. The normalized spacial score (nSPS) is 12.6. The molecule has 0 saturated carbocycles. The molecular formula is C24H51OP. The summed E-state index contributed by atoms with van der Waals surface area (Å²) in [4.78, 5) is 0. The summed E-state index contributed by atoms with van der Waals surface area (Å²) in [6, 6.07) is 0. The van der Waals surface area contributed by atoms with Crippen LogP contribution in [0.25, 0.3) is 0 Å². The molecule has 2 unspecified atom stereocenters. The van der Waals surface area contributed by atoms with Crippen molar-refractivity contribution in [2.75, 3.05) is 0 Å². The van der Waals surface area contributed by atoms with Crippen LogP contribution in [0.15, 0.2) is 0 Å². The Hall–Kier alpha value is 0.390. The molecule has 2 atom stereocenters. The SMILES string of the molecule is CCCCCCCCCCCCCCCC(CCCCCCCC)OP. The van der Waals surface area contributed by atoms with Gasteiger partial charge >= 0.3 is 0 Å². The molecule has 0 spiro atoms. The molecule has 0 aliphatic rings. The van der Waals surface area contributed by atoms with Crippen LogP contribution in [0.2, 0.25) is 0 Å². The van der Waals surface area contributed by atoms with Crippen molar-refractivity contribution in [1.29, 1.82) is 0 Å². The van der Waals surface area contributed by atoms with E-state index in [1.54, 1.807) is 0 Å². The molecular weight excluding hydrogens is 335 g/mol. The van der Waals surface area contributed by atoms with Gasteiger partial charge in [-0.15, -0.1) is 0 Å². The summed E-state index contributed by atoms with van der Waals surface area (Å²) >= 11 is 0. The summed E-state index contributed by atoms with van der Waals surface area (Å²) in [5, 5.41) is 0. The minimum absolute atomic E-state index is 0.485. The van der Waals surface area contributed by atoms with Gasteiger partial charge in [-0.05, 0) is 12.8 Å². The summed E-state index contributed by atoms with van der Waals surface area (Å²) in [7, 11) is 2.50. The Kier molecular flexibility index (Phi) is 23.8. The summed E-state index contributed by atoms with van der Waals surface area (Å²) in [6.45, 7) is 4.58. The van der Waals surface area contributed by atoms with Gasteiger partial charge in [0.05, 0.1) is 6.10 Å². The lowest BCUT2D eigenvalue weighted by Crippen LogP contribution is -2.07. The van der Waals surface area contributed by atoms with Gasteiger partial charge in [0.2, 0.25) is 0 Å². The number of rotatable bonds is 22. The molecule has 0 amide bonds. The van der Waals surface area contributed by atoms with Crippen LogP contribution in [0, 0.1) is 0 Å². The molecule has 0 bridgehead atoms. The van der Waals surface area contributed by atoms with E-state index in [2.05, 4.69) is 23.3 Å². The van der Waals surface area contributed by atoms with Gasteiger partial charge in [-0.1, -0.05) is 136 Å². The first-order valence-electron chi connectivity index (χ1n) is 12.2. The number of hydrogen-bond donors (Lipinski definition) is 0. The van der Waals surface area contributed by atoms with Crippen molar-refractivity contribution < 1.29 is 4.52 Å². The molecule has 0 aromatic carbocycles. The Balaban J connectivity index is 3.23. The molecule has 2 heteroatoms. The lowest BCUT2D eigenvalue weighted by atomic mass is 10.0. The van der Waals surface area contributed by atoms with Crippen LogP contribution in [0.3, 0.4) is 0 Å². The zero-order valence-corrected chi connectivity index (χ0v) is 19.6. The van der Waals surface area contributed by atoms with E-state index >= 15 is 0 Å². The van der Waals surface area contributed by atoms with Crippen molar-refractivity contribution >= 4 is 9.47 Å². The number of unbranched alkanes of at least 4 members (excludes halogenated alkanes) is 17. The average Bonchev–Trinajstić information content (AvgIpc) is 2.66. The molecule has 0 rings (SSSR count). The van der Waals surface area contributed by atoms with Gasteiger partial charge < -0.3 is 4.52 Å². The molecule has 0 N–H and O–H groups in total. The zero-order chi connectivity index (χ0) is 19.1. The fourth-order valence-electron chi connectivity index (χ4n) is 3.82. The first-order chi connectivity index (χ1) is 12.8. The molecule has 0 aromatic heterocycles. The minimum Gasteiger partial charge on any atom is -0.362 e. The maximum absolute atomic E-state index is 5.60. The standard InChI is InChI=1S/C24H51OP/c1-3-5-7-9-11-12-13-14-15-16-17-19-21-23-24(25-26)22-20-18-10-8-6-4-2/h24H,3-23,26H2,1-2H3. The quantitative estimate of drug-likeness (QED) is 0.133. The van der Waals surface area contributed by atoms with E-state index in [0.717, 1.165) is 0 Å². The van der Waals surface area contributed by atoms with Crippen molar-refractivity contribution in [3.05, 3.63) is 0 Å². The average molecular weight is 387 g/mol. The molecule has 26 heavy (non-hydrogen) atoms. The van der Waals surface area contributed by atoms with Gasteiger partial charge in [-0.3, -0.25) is 0 Å². The highest BCUT2D eigenvalue weighted by atomic mass is 31.0. The monoisotopic (exact) mass is 386 g/mol. The first kappa shape index (κ1) is 26.4. The summed E-state index contributed by atoms with van der Waals surface area (Å²) < 4.78 is 5.60. The van der Waals surface area contributed by atoms with Gasteiger partial charge in [0.15, 0.2) is 0 Å². The highest BCUT2D eigenvalue weighted by Crippen LogP contribution is 2.18. The maximum Gasteiger partial charge on any atom is 0.0610 e. The Labute approximate surface area is 169 Å². The third kappa shape index (κ3) is 20.7. The lowest BCUT2D eigenvalue weighted by Gasteiger charge is -2.14. The van der Waals surface area contributed by atoms with E-state index in [1.165, 1.54) is 135 Å². The molecule has 158 valence electrons. The summed E-state index contributed by atoms with van der Waals surface area (Å²) in [6.07, 6.45) is 30.0. The van der Waals surface area contributed by atoms with E-state index in [1.807, 2.05) is 0 Å². The van der Waals surface area contributed by atoms with Crippen LogP contribution in [0.4, 0.5) is 0 Å². The smallest absolute Gasteiger partial charge is 0.0610 e. The molecule has 1 nitrogen and oxygen atoms in total. The molecule has 0 radical (unpaired) electrons. The predicted molar refractivity (Wildman–Crippen MR) is 123 cm³/mol. The van der Waals surface area contributed by atoms with Gasteiger partial charge in [0, 0.05) is 9.47 Å². The van der Waals surface area contributed by atoms with Crippen LogP contribution in [-0.4, -0.2) is 6.10 Å². The lowest BCUT2D eigenvalue weighted by molar-refractivity contribution is 0.204. The van der Waals surface area contributed by atoms with Gasteiger partial charge in [0.25, 0.3) is 0 Å². The Morgan fingerprint density at radius 1 is 0.462 bits per heavy atom. The van der Waals surface area contributed by atoms with Crippen molar-refractivity contribution in [2.45, 2.75) is 155 Å². The molecule has 0 aromatic rings. The molecule has 0 saturated heterocycles. The van der Waals surface area contributed by atoms with Crippen LogP contribution >= 0.6 is 9.47 Å². The maximum atomic E-state index is 5.60. The highest BCUT2D eigenvalue weighted by Gasteiger charge is 2.06. The molecule has 0 aliphatic carbocycles. The Morgan fingerprint density at radius 2 is 0.731 bits per heavy atom. The van der Waals surface area contributed by atoms with Crippen LogP contribution in [0.1, 0.15) is 149 Å². The van der Waals surface area contributed by atoms with E-state index in [4.69, 9.17) is 4.52 Å². The topological polar surface area (TPSA) is 9.23 Å². The van der Waals surface area contributed by atoms with Crippen molar-refractivity contribution in [3.8, 4) is 0 Å². The van der Waals surface area contributed by atoms with Gasteiger partial charge in [-0.25, -0.2) is 0 Å². The number of hydrogen-bond acceptors (Lipinski definition) is 1. The largest absolute Gasteiger partial charge is 0.362 e. The second kappa shape index (κ2) is 23.4. The van der Waals surface area contributed by atoms with Crippen molar-refractivity contribution in [3.63, 3.8) is 0 Å². The van der Waals surface area contributed by atoms with Crippen LogP contribution in [0.5, 0.6) is 0 Å². The van der Waals surface area contributed by atoms with Crippen molar-refractivity contribution in [1.82, 2.24) is 0 Å². The van der Waals surface area contributed by atoms with E-state index in [9.17, 15) is 0 Å². The van der Waals surface area contributed by atoms with Crippen molar-refractivity contribution in [2.24, 2.45) is 0 Å². The first-order valence-corrected chi connectivity index (χ1v) is 12.7. The van der Waals surface area contributed by atoms with E-state index in [-0.39, 0.29) is 0 Å². The second-order valence-corrected chi connectivity index (χ2v) is 8.62. The third-order valence-corrected chi connectivity index (χ3v) is 6.09. The van der Waals surface area contributed by atoms with Gasteiger partial charge in [0.1, 0.15) is 0 Å². The van der Waals surface area contributed by atoms with E-state index < -0.39 is 0 Å². The molecule has 0 fully saturated rings. The third-order valence-electron chi connectivity index (χ3n) is 5.70. The molecule has 0 aliphatic heterocycles. The van der Waals surface area contributed by atoms with Crippen LogP contribution in [-0.2, 0) is 4.52 Å².